The second-order valence-electron chi connectivity index (χ2n) is 4.17. The lowest BCUT2D eigenvalue weighted by atomic mass is 10.00. The van der Waals surface area contributed by atoms with E-state index in [0.29, 0.717) is 0 Å². The highest BCUT2D eigenvalue weighted by molar-refractivity contribution is 5.99. The summed E-state index contributed by atoms with van der Waals surface area (Å²) in [7, 11) is 0. The number of alkyl halides is 3. The van der Waals surface area contributed by atoms with Gasteiger partial charge in [0.2, 0.25) is 0 Å². The number of carbonyl (C=O) groups is 1. The van der Waals surface area contributed by atoms with Crippen molar-refractivity contribution < 1.29 is 23.1 Å². The Morgan fingerprint density at radius 3 is 2.44 bits per heavy atom. The molecule has 0 aliphatic carbocycles. The van der Waals surface area contributed by atoms with Gasteiger partial charge >= 0.3 is 6.18 Å². The molecule has 1 rings (SSSR count). The van der Waals surface area contributed by atoms with E-state index in [1.165, 1.54) is 6.07 Å². The van der Waals surface area contributed by atoms with E-state index < -0.39 is 17.7 Å². The molecule has 1 aromatic carbocycles. The largest absolute Gasteiger partial charge is 0.507 e. The minimum Gasteiger partial charge on any atom is -0.507 e. The van der Waals surface area contributed by atoms with Crippen LogP contribution < -0.4 is 0 Å². The number of carbonyl (C=O) groups excluding carboxylic acids is 1. The third-order valence-corrected chi connectivity index (χ3v) is 2.40. The highest BCUT2D eigenvalue weighted by atomic mass is 19.4. The van der Waals surface area contributed by atoms with Gasteiger partial charge in [0.1, 0.15) is 5.76 Å². The van der Waals surface area contributed by atoms with Crippen molar-refractivity contribution >= 4 is 11.5 Å². The first-order valence-corrected chi connectivity index (χ1v) is 5.34. The number of ketones is 1. The van der Waals surface area contributed by atoms with Gasteiger partial charge in [0, 0.05) is 11.6 Å². The summed E-state index contributed by atoms with van der Waals surface area (Å²) in [5.41, 5.74) is 1.06. The Labute approximate surface area is 103 Å². The van der Waals surface area contributed by atoms with Crippen molar-refractivity contribution in [2.75, 3.05) is 0 Å². The van der Waals surface area contributed by atoms with Gasteiger partial charge in [-0.25, -0.2) is 0 Å². The number of hydrogen-bond acceptors (Lipinski definition) is 2. The fourth-order valence-corrected chi connectivity index (χ4v) is 1.35. The monoisotopic (exact) mass is 258 g/mol. The number of rotatable bonds is 3. The van der Waals surface area contributed by atoms with Crippen LogP contribution >= 0.6 is 0 Å². The van der Waals surface area contributed by atoms with Gasteiger partial charge in [0.05, 0.1) is 0 Å². The molecule has 0 aliphatic rings. The molecule has 0 unspecified atom stereocenters. The Hall–Kier alpha value is -1.78. The van der Waals surface area contributed by atoms with Crippen LogP contribution in [0.15, 0.2) is 30.3 Å². The van der Waals surface area contributed by atoms with Crippen molar-refractivity contribution in [3.63, 3.8) is 0 Å². The number of aliphatic hydroxyl groups is 1. The summed E-state index contributed by atoms with van der Waals surface area (Å²) < 4.78 is 36.1. The van der Waals surface area contributed by atoms with Crippen molar-refractivity contribution in [3.05, 3.63) is 41.5 Å². The van der Waals surface area contributed by atoms with Crippen LogP contribution in [0.4, 0.5) is 13.2 Å². The van der Waals surface area contributed by atoms with Gasteiger partial charge in [0.25, 0.3) is 5.78 Å². The lowest BCUT2D eigenvalue weighted by Gasteiger charge is -2.08. The molecule has 0 radical (unpaired) electrons. The fourth-order valence-electron chi connectivity index (χ4n) is 1.35. The highest BCUT2D eigenvalue weighted by Gasteiger charge is 2.36. The normalized spacial score (nSPS) is 12.9. The van der Waals surface area contributed by atoms with E-state index in [9.17, 15) is 23.1 Å². The molecule has 18 heavy (non-hydrogen) atoms. The molecule has 0 aliphatic heterocycles. The summed E-state index contributed by atoms with van der Waals surface area (Å²) >= 11 is 0. The first-order chi connectivity index (χ1) is 8.21. The van der Waals surface area contributed by atoms with Gasteiger partial charge in [-0.1, -0.05) is 32.0 Å². The summed E-state index contributed by atoms with van der Waals surface area (Å²) in [6.07, 6.45) is -4.77. The predicted octanol–water partition coefficient (Wildman–Crippen LogP) is 3.84. The van der Waals surface area contributed by atoms with E-state index in [2.05, 4.69) is 0 Å². The maximum Gasteiger partial charge on any atom is 0.454 e. The molecule has 1 aromatic rings. The summed E-state index contributed by atoms with van der Waals surface area (Å²) in [6, 6.07) is 6.42. The Kier molecular flexibility index (Phi) is 4.16. The van der Waals surface area contributed by atoms with Crippen molar-refractivity contribution in [1.29, 1.82) is 0 Å². The summed E-state index contributed by atoms with van der Waals surface area (Å²) in [5, 5.41) is 9.50. The van der Waals surface area contributed by atoms with Crippen LogP contribution in [0.1, 0.15) is 30.9 Å². The predicted molar refractivity (Wildman–Crippen MR) is 62.2 cm³/mol. The second-order valence-corrected chi connectivity index (χ2v) is 4.17. The molecule has 0 atom stereocenters. The van der Waals surface area contributed by atoms with Gasteiger partial charge in [-0.2, -0.15) is 13.2 Å². The number of aliphatic hydroxyl groups excluding tert-OH is 1. The second kappa shape index (κ2) is 5.25. The van der Waals surface area contributed by atoms with Crippen molar-refractivity contribution in [2.24, 2.45) is 0 Å². The van der Waals surface area contributed by atoms with Gasteiger partial charge in [0.15, 0.2) is 0 Å². The summed E-state index contributed by atoms with van der Waals surface area (Å²) in [6.45, 7) is 3.83. The van der Waals surface area contributed by atoms with E-state index in [0.717, 1.165) is 5.56 Å². The van der Waals surface area contributed by atoms with Crippen LogP contribution in [-0.4, -0.2) is 17.1 Å². The Morgan fingerprint density at radius 1 is 1.33 bits per heavy atom. The third-order valence-electron chi connectivity index (χ3n) is 2.40. The molecular weight excluding hydrogens is 245 g/mol. The van der Waals surface area contributed by atoms with Gasteiger partial charge in [-0.3, -0.25) is 4.79 Å². The smallest absolute Gasteiger partial charge is 0.454 e. The van der Waals surface area contributed by atoms with Crippen molar-refractivity contribution in [3.8, 4) is 0 Å². The Morgan fingerprint density at radius 2 is 1.94 bits per heavy atom. The quantitative estimate of drug-likeness (QED) is 0.660. The summed E-state index contributed by atoms with van der Waals surface area (Å²) in [4.78, 5) is 10.7. The maximum atomic E-state index is 12.0. The molecule has 5 heteroatoms. The van der Waals surface area contributed by atoms with Gasteiger partial charge in [-0.05, 0) is 17.5 Å². The highest BCUT2D eigenvalue weighted by Crippen LogP contribution is 2.22. The van der Waals surface area contributed by atoms with Gasteiger partial charge < -0.3 is 5.11 Å². The Balaban J connectivity index is 3.04. The lowest BCUT2D eigenvalue weighted by molar-refractivity contribution is -0.165. The third kappa shape index (κ3) is 3.61. The molecule has 1 N–H and O–H groups in total. The van der Waals surface area contributed by atoms with E-state index in [1.807, 2.05) is 13.8 Å². The van der Waals surface area contributed by atoms with Crippen LogP contribution in [0.25, 0.3) is 5.76 Å². The van der Waals surface area contributed by atoms with Crippen LogP contribution in [0, 0.1) is 0 Å². The van der Waals surface area contributed by atoms with E-state index in [4.69, 9.17) is 0 Å². The van der Waals surface area contributed by atoms with Crippen LogP contribution in [0.3, 0.4) is 0 Å². The van der Waals surface area contributed by atoms with E-state index in [1.54, 1.807) is 18.2 Å². The van der Waals surface area contributed by atoms with E-state index in [-0.39, 0.29) is 17.6 Å². The lowest BCUT2D eigenvalue weighted by Crippen LogP contribution is -2.20. The summed E-state index contributed by atoms with van der Waals surface area (Å²) in [5.74, 6) is -2.58. The van der Waals surface area contributed by atoms with Crippen LogP contribution in [0.2, 0.25) is 0 Å². The molecular formula is C13H13F3O2. The molecule has 0 spiro atoms. The molecule has 0 aromatic heterocycles. The average molecular weight is 258 g/mol. The molecule has 98 valence electrons. The minimum atomic E-state index is -4.97. The number of allylic oxidation sites excluding steroid dienone is 1. The first-order valence-electron chi connectivity index (χ1n) is 5.34. The van der Waals surface area contributed by atoms with Crippen LogP contribution in [-0.2, 0) is 4.79 Å². The standard InChI is InChI=1S/C13H13F3O2/c1-8(2)9-4-3-5-10(6-9)11(17)7-12(18)13(14,15)16/h3-8,17H,1-2H3. The topological polar surface area (TPSA) is 37.3 Å². The molecule has 0 bridgehead atoms. The molecule has 0 amide bonds. The zero-order valence-electron chi connectivity index (χ0n) is 9.95. The first kappa shape index (κ1) is 14.3. The van der Waals surface area contributed by atoms with Gasteiger partial charge in [-0.15, -0.1) is 0 Å². The molecule has 0 saturated heterocycles. The molecule has 0 heterocycles. The van der Waals surface area contributed by atoms with E-state index >= 15 is 0 Å². The zero-order chi connectivity index (χ0) is 13.9. The number of benzene rings is 1. The van der Waals surface area contributed by atoms with Crippen molar-refractivity contribution in [1.82, 2.24) is 0 Å². The number of hydrogen-bond donors (Lipinski definition) is 1. The molecule has 0 fully saturated rings. The Bertz CT molecular complexity index is 473. The SMILES string of the molecule is CC(C)c1cccc(C(O)=CC(=O)C(F)(F)F)c1. The fraction of sp³-hybridized carbons (Fsp3) is 0.308. The molecule has 2 nitrogen and oxygen atoms in total. The minimum absolute atomic E-state index is 0.177. The average Bonchev–Trinajstić information content (AvgIpc) is 2.27. The van der Waals surface area contributed by atoms with Crippen LogP contribution in [0.5, 0.6) is 0 Å². The van der Waals surface area contributed by atoms with Crippen molar-refractivity contribution in [2.45, 2.75) is 25.9 Å². The molecule has 0 saturated carbocycles. The maximum absolute atomic E-state index is 12.0. The zero-order valence-corrected chi connectivity index (χ0v) is 9.95. The number of halogens is 3.